The summed E-state index contributed by atoms with van der Waals surface area (Å²) in [6, 6.07) is 3.41. The van der Waals surface area contributed by atoms with Gasteiger partial charge >= 0.3 is 0 Å². The highest BCUT2D eigenvalue weighted by molar-refractivity contribution is 6.30. The van der Waals surface area contributed by atoms with Gasteiger partial charge in [0.05, 0.1) is 17.3 Å². The maximum absolute atomic E-state index is 14.3. The van der Waals surface area contributed by atoms with Gasteiger partial charge in [-0.25, -0.2) is 4.39 Å². The lowest BCUT2D eigenvalue weighted by atomic mass is 9.90. The number of aliphatic hydroxyl groups excluding tert-OH is 1. The Morgan fingerprint density at radius 1 is 1.35 bits per heavy atom. The summed E-state index contributed by atoms with van der Waals surface area (Å²) in [7, 11) is 0. The van der Waals surface area contributed by atoms with Gasteiger partial charge in [0.1, 0.15) is 5.82 Å². The summed E-state index contributed by atoms with van der Waals surface area (Å²) in [5, 5.41) is 10.4. The van der Waals surface area contributed by atoms with Gasteiger partial charge < -0.3 is 5.11 Å². The third kappa shape index (κ3) is 2.63. The number of halogens is 2. The number of carbonyl (C=O) groups is 2. The van der Waals surface area contributed by atoms with Crippen molar-refractivity contribution in [3.8, 4) is 0 Å². The van der Waals surface area contributed by atoms with E-state index < -0.39 is 23.5 Å². The van der Waals surface area contributed by atoms with Gasteiger partial charge in [0, 0.05) is 5.02 Å². The van der Waals surface area contributed by atoms with Crippen molar-refractivity contribution in [2.45, 2.75) is 38.6 Å². The van der Waals surface area contributed by atoms with Gasteiger partial charge in [-0.1, -0.05) is 24.4 Å². The number of carbonyl (C=O) groups excluding carboxylic acids is 2. The number of anilines is 1. The monoisotopic (exact) mass is 337 g/mol. The second-order valence-corrected chi connectivity index (χ2v) is 6.52. The minimum Gasteiger partial charge on any atom is -0.503 e. The van der Waals surface area contributed by atoms with E-state index in [9.17, 15) is 19.1 Å². The first-order valence-electron chi connectivity index (χ1n) is 7.64. The van der Waals surface area contributed by atoms with Crippen LogP contribution in [0.5, 0.6) is 0 Å². The highest BCUT2D eigenvalue weighted by atomic mass is 35.5. The predicted molar refractivity (Wildman–Crippen MR) is 85.0 cm³/mol. The van der Waals surface area contributed by atoms with Crippen molar-refractivity contribution < 1.29 is 19.1 Å². The van der Waals surface area contributed by atoms with Crippen LogP contribution in [0.25, 0.3) is 0 Å². The van der Waals surface area contributed by atoms with Crippen molar-refractivity contribution in [1.29, 1.82) is 0 Å². The van der Waals surface area contributed by atoms with Crippen LogP contribution in [0, 0.1) is 11.7 Å². The van der Waals surface area contributed by atoms with E-state index in [2.05, 4.69) is 0 Å². The average Bonchev–Trinajstić information content (AvgIpc) is 3.08. The molecule has 23 heavy (non-hydrogen) atoms. The summed E-state index contributed by atoms with van der Waals surface area (Å²) in [6.07, 6.45) is 3.68. The second kappa shape index (κ2) is 5.96. The summed E-state index contributed by atoms with van der Waals surface area (Å²) in [4.78, 5) is 25.7. The zero-order valence-corrected chi connectivity index (χ0v) is 13.4. The Kier molecular flexibility index (Phi) is 4.15. The van der Waals surface area contributed by atoms with Crippen LogP contribution in [0.1, 0.15) is 32.6 Å². The van der Waals surface area contributed by atoms with Crippen LogP contribution in [-0.4, -0.2) is 22.8 Å². The molecule has 6 heteroatoms. The summed E-state index contributed by atoms with van der Waals surface area (Å²) in [5.41, 5.74) is 0.135. The first-order valence-corrected chi connectivity index (χ1v) is 8.02. The number of nitrogens with zero attached hydrogens (tertiary/aromatic N) is 1. The summed E-state index contributed by atoms with van der Waals surface area (Å²) in [5.74, 6) is -2.26. The molecule has 0 radical (unpaired) electrons. The summed E-state index contributed by atoms with van der Waals surface area (Å²) >= 11 is 5.77. The number of aliphatic hydroxyl groups is 1. The zero-order chi connectivity index (χ0) is 16.7. The SMILES string of the molecule is CC(=O)C1=C(O)C(=O)N(c2ccc(Cl)cc2F)C1C1CCCC1. The van der Waals surface area contributed by atoms with Gasteiger partial charge in [-0.2, -0.15) is 0 Å². The molecule has 1 aliphatic heterocycles. The van der Waals surface area contributed by atoms with Crippen molar-refractivity contribution in [2.24, 2.45) is 5.92 Å². The molecule has 1 aromatic carbocycles. The van der Waals surface area contributed by atoms with Gasteiger partial charge in [0.15, 0.2) is 11.5 Å². The normalized spacial score (nSPS) is 22.3. The van der Waals surface area contributed by atoms with E-state index in [0.717, 1.165) is 31.7 Å². The van der Waals surface area contributed by atoms with E-state index in [0.29, 0.717) is 0 Å². The molecule has 2 aliphatic rings. The van der Waals surface area contributed by atoms with Crippen molar-refractivity contribution in [3.63, 3.8) is 0 Å². The van der Waals surface area contributed by atoms with Crippen LogP contribution in [0.3, 0.4) is 0 Å². The first kappa shape index (κ1) is 16.0. The number of hydrogen-bond acceptors (Lipinski definition) is 3. The molecule has 1 aromatic rings. The van der Waals surface area contributed by atoms with Crippen molar-refractivity contribution in [3.05, 3.63) is 40.4 Å². The molecule has 4 nitrogen and oxygen atoms in total. The molecule has 1 aliphatic carbocycles. The van der Waals surface area contributed by atoms with Gasteiger partial charge in [0.25, 0.3) is 5.91 Å². The van der Waals surface area contributed by atoms with E-state index in [-0.39, 0.29) is 28.0 Å². The fourth-order valence-electron chi connectivity index (χ4n) is 3.66. The number of ketones is 1. The highest BCUT2D eigenvalue weighted by Crippen LogP contribution is 2.41. The van der Waals surface area contributed by atoms with E-state index in [1.165, 1.54) is 24.0 Å². The number of Topliss-reactive ketones (excluding diaryl/α,β-unsaturated/α-hetero) is 1. The maximum atomic E-state index is 14.3. The predicted octanol–water partition coefficient (Wildman–Crippen LogP) is 3.79. The Morgan fingerprint density at radius 3 is 2.57 bits per heavy atom. The Balaban J connectivity index is 2.10. The minimum atomic E-state index is -0.728. The number of rotatable bonds is 3. The molecule has 1 amide bonds. The maximum Gasteiger partial charge on any atom is 0.294 e. The largest absolute Gasteiger partial charge is 0.503 e. The molecular formula is C17H17ClFNO3. The van der Waals surface area contributed by atoms with Crippen molar-refractivity contribution in [2.75, 3.05) is 4.90 Å². The van der Waals surface area contributed by atoms with Crippen LogP contribution < -0.4 is 4.90 Å². The van der Waals surface area contributed by atoms with Crippen LogP contribution >= 0.6 is 11.6 Å². The Morgan fingerprint density at radius 2 is 2.00 bits per heavy atom. The molecule has 0 bridgehead atoms. The average molecular weight is 338 g/mol. The number of hydrogen-bond donors (Lipinski definition) is 1. The van der Waals surface area contributed by atoms with Crippen LogP contribution in [0.15, 0.2) is 29.5 Å². The quantitative estimate of drug-likeness (QED) is 0.913. The lowest BCUT2D eigenvalue weighted by molar-refractivity contribution is -0.117. The lowest BCUT2D eigenvalue weighted by Gasteiger charge is -2.31. The molecule has 0 saturated heterocycles. The van der Waals surface area contributed by atoms with E-state index in [4.69, 9.17) is 11.6 Å². The molecule has 0 spiro atoms. The van der Waals surface area contributed by atoms with E-state index in [1.54, 1.807) is 0 Å². The van der Waals surface area contributed by atoms with Gasteiger partial charge in [-0.05, 0) is 43.9 Å². The minimum absolute atomic E-state index is 0.0394. The Labute approximate surface area is 138 Å². The molecule has 1 heterocycles. The fourth-order valence-corrected chi connectivity index (χ4v) is 3.81. The van der Waals surface area contributed by atoms with Gasteiger partial charge in [0.2, 0.25) is 0 Å². The molecule has 1 unspecified atom stereocenters. The van der Waals surface area contributed by atoms with Crippen LogP contribution in [0.4, 0.5) is 10.1 Å². The first-order chi connectivity index (χ1) is 10.9. The molecule has 1 saturated carbocycles. The topological polar surface area (TPSA) is 57.6 Å². The molecule has 1 N–H and O–H groups in total. The highest BCUT2D eigenvalue weighted by Gasteiger charge is 2.47. The van der Waals surface area contributed by atoms with Crippen molar-refractivity contribution in [1.82, 2.24) is 0 Å². The van der Waals surface area contributed by atoms with Crippen molar-refractivity contribution >= 4 is 29.0 Å². The van der Waals surface area contributed by atoms with E-state index in [1.807, 2.05) is 0 Å². The molecule has 1 atom stereocenters. The Bertz CT molecular complexity index is 710. The number of benzene rings is 1. The van der Waals surface area contributed by atoms with Crippen LogP contribution in [0.2, 0.25) is 5.02 Å². The lowest BCUT2D eigenvalue weighted by Crippen LogP contribution is -2.41. The van der Waals surface area contributed by atoms with Gasteiger partial charge in [-0.3, -0.25) is 14.5 Å². The summed E-state index contributed by atoms with van der Waals surface area (Å²) < 4.78 is 14.3. The Hall–Kier alpha value is -1.88. The van der Waals surface area contributed by atoms with Crippen LogP contribution in [-0.2, 0) is 9.59 Å². The van der Waals surface area contributed by atoms with Gasteiger partial charge in [-0.15, -0.1) is 0 Å². The molecule has 0 aromatic heterocycles. The zero-order valence-electron chi connectivity index (χ0n) is 12.7. The fraction of sp³-hybridized carbons (Fsp3) is 0.412. The second-order valence-electron chi connectivity index (χ2n) is 6.08. The summed E-state index contributed by atoms with van der Waals surface area (Å²) in [6.45, 7) is 1.32. The third-order valence-electron chi connectivity index (χ3n) is 4.65. The molecule has 1 fully saturated rings. The third-order valence-corrected chi connectivity index (χ3v) is 4.88. The smallest absolute Gasteiger partial charge is 0.294 e. The number of amides is 1. The molecule has 3 rings (SSSR count). The standard InChI is InChI=1S/C17H17ClFNO3/c1-9(21)14-15(10-4-2-3-5-10)20(17(23)16(14)22)13-7-6-11(18)8-12(13)19/h6-8,10,15,22H,2-5H2,1H3. The van der Waals surface area contributed by atoms with E-state index >= 15 is 0 Å². The molecule has 122 valence electrons. The molecular weight excluding hydrogens is 321 g/mol.